The fourth-order valence-corrected chi connectivity index (χ4v) is 2.05. The topological polar surface area (TPSA) is 51.0 Å². The fraction of sp³-hybridized carbons (Fsp3) is 0.200. The summed E-state index contributed by atoms with van der Waals surface area (Å²) in [4.78, 5) is 8.61. The molecule has 0 saturated carbocycles. The molecule has 4 nitrogen and oxygen atoms in total. The van der Waals surface area contributed by atoms with Gasteiger partial charge < -0.3 is 9.73 Å². The predicted molar refractivity (Wildman–Crippen MR) is 75.0 cm³/mol. The molecule has 0 fully saturated rings. The Bertz CT molecular complexity index is 677. The van der Waals surface area contributed by atoms with Crippen molar-refractivity contribution in [3.05, 3.63) is 54.2 Å². The standard InChI is InChI=1S/C15H15N3O/c1-2-11-5-6-14-13(8-11)15(18-10-17-14)16-9-12-4-3-7-19-12/h3-8,10H,2,9H2,1H3,(H,16,17,18). The lowest BCUT2D eigenvalue weighted by Crippen LogP contribution is -2.02. The molecule has 4 heteroatoms. The van der Waals surface area contributed by atoms with Gasteiger partial charge >= 0.3 is 0 Å². The van der Waals surface area contributed by atoms with Gasteiger partial charge in [0.1, 0.15) is 17.9 Å². The van der Waals surface area contributed by atoms with Gasteiger partial charge in [-0.2, -0.15) is 0 Å². The second-order valence-corrected chi connectivity index (χ2v) is 4.36. The van der Waals surface area contributed by atoms with E-state index < -0.39 is 0 Å². The van der Waals surface area contributed by atoms with Crippen LogP contribution in [0.4, 0.5) is 5.82 Å². The highest BCUT2D eigenvalue weighted by atomic mass is 16.3. The van der Waals surface area contributed by atoms with Gasteiger partial charge in [0.25, 0.3) is 0 Å². The van der Waals surface area contributed by atoms with Gasteiger partial charge in [0.15, 0.2) is 0 Å². The first-order valence-electron chi connectivity index (χ1n) is 6.36. The van der Waals surface area contributed by atoms with Gasteiger partial charge in [0, 0.05) is 5.39 Å². The molecule has 3 rings (SSSR count). The zero-order valence-corrected chi connectivity index (χ0v) is 10.8. The average Bonchev–Trinajstić information content (AvgIpc) is 2.97. The first kappa shape index (κ1) is 11.7. The number of hydrogen-bond acceptors (Lipinski definition) is 4. The minimum Gasteiger partial charge on any atom is -0.467 e. The summed E-state index contributed by atoms with van der Waals surface area (Å²) < 4.78 is 5.31. The minimum atomic E-state index is 0.621. The maximum atomic E-state index is 5.31. The molecule has 3 aromatic rings. The molecule has 1 N–H and O–H groups in total. The Morgan fingerprint density at radius 1 is 1.21 bits per heavy atom. The largest absolute Gasteiger partial charge is 0.467 e. The Labute approximate surface area is 111 Å². The average molecular weight is 253 g/mol. The highest BCUT2D eigenvalue weighted by molar-refractivity contribution is 5.89. The zero-order valence-electron chi connectivity index (χ0n) is 10.8. The molecule has 0 aliphatic heterocycles. The van der Waals surface area contributed by atoms with Crippen molar-refractivity contribution in [2.24, 2.45) is 0 Å². The summed E-state index contributed by atoms with van der Waals surface area (Å²) in [5, 5.41) is 4.35. The van der Waals surface area contributed by atoms with Crippen LogP contribution in [0.5, 0.6) is 0 Å². The monoisotopic (exact) mass is 253 g/mol. The maximum Gasteiger partial charge on any atom is 0.137 e. The van der Waals surface area contributed by atoms with Gasteiger partial charge in [0.2, 0.25) is 0 Å². The molecule has 96 valence electrons. The summed E-state index contributed by atoms with van der Waals surface area (Å²) >= 11 is 0. The molecule has 2 heterocycles. The smallest absolute Gasteiger partial charge is 0.137 e. The van der Waals surface area contributed by atoms with Gasteiger partial charge in [-0.05, 0) is 36.2 Å². The van der Waals surface area contributed by atoms with E-state index in [-0.39, 0.29) is 0 Å². The number of nitrogens with one attached hydrogen (secondary N) is 1. The number of furan rings is 1. The molecule has 1 aromatic carbocycles. The number of hydrogen-bond donors (Lipinski definition) is 1. The zero-order chi connectivity index (χ0) is 13.1. The van der Waals surface area contributed by atoms with E-state index in [4.69, 9.17) is 4.42 Å². The van der Waals surface area contributed by atoms with Crippen molar-refractivity contribution in [3.8, 4) is 0 Å². The number of nitrogens with zero attached hydrogens (tertiary/aromatic N) is 2. The highest BCUT2D eigenvalue weighted by Crippen LogP contribution is 2.21. The molecule has 0 amide bonds. The van der Waals surface area contributed by atoms with Crippen LogP contribution >= 0.6 is 0 Å². The van der Waals surface area contributed by atoms with Crippen LogP contribution in [-0.4, -0.2) is 9.97 Å². The van der Waals surface area contributed by atoms with Crippen LogP contribution in [0, 0.1) is 0 Å². The van der Waals surface area contributed by atoms with Crippen LogP contribution in [0.25, 0.3) is 10.9 Å². The van der Waals surface area contributed by atoms with Crippen LogP contribution in [0.3, 0.4) is 0 Å². The normalized spacial score (nSPS) is 10.8. The Hall–Kier alpha value is -2.36. The Balaban J connectivity index is 1.93. The van der Waals surface area contributed by atoms with E-state index in [0.717, 1.165) is 28.9 Å². The van der Waals surface area contributed by atoms with E-state index >= 15 is 0 Å². The lowest BCUT2D eigenvalue weighted by molar-refractivity contribution is 0.518. The van der Waals surface area contributed by atoms with Crippen LogP contribution < -0.4 is 5.32 Å². The Kier molecular flexibility index (Phi) is 3.14. The summed E-state index contributed by atoms with van der Waals surface area (Å²) in [5.41, 5.74) is 2.23. The van der Waals surface area contributed by atoms with E-state index in [1.165, 1.54) is 5.56 Å². The summed E-state index contributed by atoms with van der Waals surface area (Å²) in [6.45, 7) is 2.76. The Morgan fingerprint density at radius 2 is 2.16 bits per heavy atom. The number of benzene rings is 1. The molecular weight excluding hydrogens is 238 g/mol. The first-order chi connectivity index (χ1) is 9.36. The van der Waals surface area contributed by atoms with Crippen LogP contribution in [0.15, 0.2) is 47.3 Å². The Morgan fingerprint density at radius 3 is 2.95 bits per heavy atom. The van der Waals surface area contributed by atoms with E-state index in [9.17, 15) is 0 Å². The quantitative estimate of drug-likeness (QED) is 0.774. The van der Waals surface area contributed by atoms with Gasteiger partial charge in [-0.25, -0.2) is 9.97 Å². The summed E-state index contributed by atoms with van der Waals surface area (Å²) in [7, 11) is 0. The SMILES string of the molecule is CCc1ccc2ncnc(NCc3ccco3)c2c1. The van der Waals surface area contributed by atoms with Gasteiger partial charge in [0.05, 0.1) is 18.3 Å². The molecule has 0 aliphatic carbocycles. The van der Waals surface area contributed by atoms with E-state index in [1.807, 2.05) is 18.2 Å². The van der Waals surface area contributed by atoms with Crippen molar-refractivity contribution in [2.45, 2.75) is 19.9 Å². The molecule has 0 radical (unpaired) electrons. The molecule has 2 aromatic heterocycles. The molecule has 0 atom stereocenters. The number of aryl methyl sites for hydroxylation is 1. The second-order valence-electron chi connectivity index (χ2n) is 4.36. The number of rotatable bonds is 4. The third kappa shape index (κ3) is 2.42. The maximum absolute atomic E-state index is 5.31. The van der Waals surface area contributed by atoms with Crippen LogP contribution in [-0.2, 0) is 13.0 Å². The number of anilines is 1. The van der Waals surface area contributed by atoms with E-state index in [2.05, 4.69) is 34.3 Å². The summed E-state index contributed by atoms with van der Waals surface area (Å²) in [5.74, 6) is 1.73. The van der Waals surface area contributed by atoms with Gasteiger partial charge in [-0.3, -0.25) is 0 Å². The number of aromatic nitrogens is 2. The van der Waals surface area contributed by atoms with E-state index in [1.54, 1.807) is 12.6 Å². The summed E-state index contributed by atoms with van der Waals surface area (Å²) in [6, 6.07) is 10.1. The van der Waals surface area contributed by atoms with Crippen molar-refractivity contribution in [2.75, 3.05) is 5.32 Å². The van der Waals surface area contributed by atoms with Crippen molar-refractivity contribution in [3.63, 3.8) is 0 Å². The van der Waals surface area contributed by atoms with Crippen molar-refractivity contribution < 1.29 is 4.42 Å². The predicted octanol–water partition coefficient (Wildman–Crippen LogP) is 3.40. The molecule has 0 saturated heterocycles. The first-order valence-corrected chi connectivity index (χ1v) is 6.36. The third-order valence-corrected chi connectivity index (χ3v) is 3.12. The second kappa shape index (κ2) is 5.10. The number of fused-ring (bicyclic) bond motifs is 1. The van der Waals surface area contributed by atoms with Gasteiger partial charge in [-0.15, -0.1) is 0 Å². The van der Waals surface area contributed by atoms with Crippen molar-refractivity contribution >= 4 is 16.7 Å². The lowest BCUT2D eigenvalue weighted by Gasteiger charge is -2.08. The fourth-order valence-electron chi connectivity index (χ4n) is 2.05. The molecular formula is C15H15N3O. The minimum absolute atomic E-state index is 0.621. The molecule has 0 spiro atoms. The molecule has 0 aliphatic rings. The van der Waals surface area contributed by atoms with E-state index in [0.29, 0.717) is 6.54 Å². The van der Waals surface area contributed by atoms with Crippen LogP contribution in [0.1, 0.15) is 18.2 Å². The molecule has 0 bridgehead atoms. The van der Waals surface area contributed by atoms with Crippen molar-refractivity contribution in [1.82, 2.24) is 9.97 Å². The molecule has 0 unspecified atom stereocenters. The van der Waals surface area contributed by atoms with Crippen molar-refractivity contribution in [1.29, 1.82) is 0 Å². The summed E-state index contributed by atoms with van der Waals surface area (Å²) in [6.07, 6.45) is 4.26. The third-order valence-electron chi connectivity index (χ3n) is 3.12. The highest BCUT2D eigenvalue weighted by Gasteiger charge is 2.05. The van der Waals surface area contributed by atoms with Gasteiger partial charge in [-0.1, -0.05) is 13.0 Å². The van der Waals surface area contributed by atoms with Crippen LogP contribution in [0.2, 0.25) is 0 Å². The lowest BCUT2D eigenvalue weighted by atomic mass is 10.1. The molecule has 19 heavy (non-hydrogen) atoms.